The number of anilines is 1. The number of ether oxygens (including phenoxy) is 1. The first-order valence-corrected chi connectivity index (χ1v) is 7.14. The van der Waals surface area contributed by atoms with Crippen LogP contribution in [0, 0.1) is 0 Å². The van der Waals surface area contributed by atoms with Crippen LogP contribution in [0.15, 0.2) is 28.7 Å². The SMILES string of the molecule is COCCNc1nc(Cc2cccc(Br)c2)ns1. The molecule has 0 aliphatic carbocycles. The predicted molar refractivity (Wildman–Crippen MR) is 77.2 cm³/mol. The molecule has 0 atom stereocenters. The monoisotopic (exact) mass is 327 g/mol. The molecule has 0 radical (unpaired) electrons. The summed E-state index contributed by atoms with van der Waals surface area (Å²) >= 11 is 4.84. The van der Waals surface area contributed by atoms with Crippen molar-refractivity contribution < 1.29 is 4.74 Å². The van der Waals surface area contributed by atoms with Gasteiger partial charge in [0.15, 0.2) is 0 Å². The van der Waals surface area contributed by atoms with Crippen LogP contribution in [0.4, 0.5) is 5.13 Å². The second kappa shape index (κ2) is 6.82. The third kappa shape index (κ3) is 4.04. The van der Waals surface area contributed by atoms with Crippen molar-refractivity contribution in [3.8, 4) is 0 Å². The van der Waals surface area contributed by atoms with Gasteiger partial charge in [0, 0.05) is 36.1 Å². The molecule has 0 spiro atoms. The summed E-state index contributed by atoms with van der Waals surface area (Å²) in [7, 11) is 1.68. The summed E-state index contributed by atoms with van der Waals surface area (Å²) in [5.41, 5.74) is 1.20. The van der Waals surface area contributed by atoms with Crippen LogP contribution < -0.4 is 5.32 Å². The van der Waals surface area contributed by atoms with E-state index in [2.05, 4.69) is 42.7 Å². The van der Waals surface area contributed by atoms with Crippen molar-refractivity contribution in [2.24, 2.45) is 0 Å². The topological polar surface area (TPSA) is 47.0 Å². The molecule has 6 heteroatoms. The number of halogens is 1. The summed E-state index contributed by atoms with van der Waals surface area (Å²) in [6.45, 7) is 1.42. The fourth-order valence-electron chi connectivity index (χ4n) is 1.49. The number of nitrogens with zero attached hydrogens (tertiary/aromatic N) is 2. The Hall–Kier alpha value is -0.980. The van der Waals surface area contributed by atoms with E-state index in [-0.39, 0.29) is 0 Å². The van der Waals surface area contributed by atoms with E-state index in [1.807, 2.05) is 12.1 Å². The lowest BCUT2D eigenvalue weighted by Crippen LogP contribution is -2.07. The van der Waals surface area contributed by atoms with Crippen molar-refractivity contribution in [2.75, 3.05) is 25.6 Å². The largest absolute Gasteiger partial charge is 0.383 e. The molecular weight excluding hydrogens is 314 g/mol. The second-order valence-corrected chi connectivity index (χ2v) is 5.41. The quantitative estimate of drug-likeness (QED) is 0.828. The molecule has 0 bridgehead atoms. The van der Waals surface area contributed by atoms with Crippen LogP contribution in [0.25, 0.3) is 0 Å². The lowest BCUT2D eigenvalue weighted by molar-refractivity contribution is 0.211. The standard InChI is InChI=1S/C12H14BrN3OS/c1-17-6-5-14-12-15-11(16-18-12)8-9-3-2-4-10(13)7-9/h2-4,7H,5-6,8H2,1H3,(H,14,15,16). The van der Waals surface area contributed by atoms with Gasteiger partial charge in [-0.05, 0) is 17.7 Å². The Kier molecular flexibility index (Phi) is 5.10. The fraction of sp³-hybridized carbons (Fsp3) is 0.333. The fourth-order valence-corrected chi connectivity index (χ4v) is 2.54. The van der Waals surface area contributed by atoms with Crippen LogP contribution in [0.5, 0.6) is 0 Å². The summed E-state index contributed by atoms with van der Waals surface area (Å²) in [5.74, 6) is 0.845. The highest BCUT2D eigenvalue weighted by atomic mass is 79.9. The third-order valence-corrected chi connectivity index (χ3v) is 3.51. The lowest BCUT2D eigenvalue weighted by Gasteiger charge is -1.99. The number of methoxy groups -OCH3 is 1. The van der Waals surface area contributed by atoms with Gasteiger partial charge in [-0.2, -0.15) is 4.37 Å². The molecule has 0 fully saturated rings. The smallest absolute Gasteiger partial charge is 0.202 e. The molecule has 0 aliphatic heterocycles. The van der Waals surface area contributed by atoms with Crippen molar-refractivity contribution >= 4 is 32.6 Å². The van der Waals surface area contributed by atoms with Crippen LogP contribution in [-0.2, 0) is 11.2 Å². The molecule has 4 nitrogen and oxygen atoms in total. The Morgan fingerprint density at radius 2 is 2.33 bits per heavy atom. The number of nitrogens with one attached hydrogen (secondary N) is 1. The average Bonchev–Trinajstić information content (AvgIpc) is 2.77. The first-order chi connectivity index (χ1) is 8.78. The summed E-state index contributed by atoms with van der Waals surface area (Å²) in [6.07, 6.45) is 0.752. The molecule has 0 amide bonds. The minimum atomic E-state index is 0.667. The van der Waals surface area contributed by atoms with Gasteiger partial charge in [-0.1, -0.05) is 28.1 Å². The Morgan fingerprint density at radius 3 is 3.11 bits per heavy atom. The van der Waals surface area contributed by atoms with Gasteiger partial charge in [0.25, 0.3) is 0 Å². The molecule has 0 unspecified atom stereocenters. The number of hydrogen-bond donors (Lipinski definition) is 1. The first kappa shape index (κ1) is 13.5. The van der Waals surface area contributed by atoms with E-state index in [1.165, 1.54) is 17.1 Å². The van der Waals surface area contributed by atoms with Crippen LogP contribution in [0.3, 0.4) is 0 Å². The van der Waals surface area contributed by atoms with Gasteiger partial charge < -0.3 is 10.1 Å². The van der Waals surface area contributed by atoms with Crippen LogP contribution in [0.1, 0.15) is 11.4 Å². The molecular formula is C12H14BrN3OS. The number of hydrogen-bond acceptors (Lipinski definition) is 5. The zero-order valence-electron chi connectivity index (χ0n) is 10.0. The molecule has 1 heterocycles. The number of benzene rings is 1. The van der Waals surface area contributed by atoms with Crippen LogP contribution >= 0.6 is 27.5 Å². The van der Waals surface area contributed by atoms with E-state index in [4.69, 9.17) is 4.74 Å². The average molecular weight is 328 g/mol. The molecule has 18 heavy (non-hydrogen) atoms. The molecule has 2 rings (SSSR count). The zero-order valence-corrected chi connectivity index (χ0v) is 12.4. The molecule has 1 aromatic heterocycles. The van der Waals surface area contributed by atoms with Gasteiger partial charge in [-0.3, -0.25) is 0 Å². The predicted octanol–water partition coefficient (Wildman–Crippen LogP) is 2.95. The molecule has 1 aromatic carbocycles. The van der Waals surface area contributed by atoms with Gasteiger partial charge in [0.2, 0.25) is 5.13 Å². The number of rotatable bonds is 6. The second-order valence-electron chi connectivity index (χ2n) is 3.74. The Morgan fingerprint density at radius 1 is 1.44 bits per heavy atom. The normalized spacial score (nSPS) is 10.6. The maximum Gasteiger partial charge on any atom is 0.202 e. The molecule has 96 valence electrons. The Labute approximate surface area is 119 Å². The first-order valence-electron chi connectivity index (χ1n) is 5.58. The van der Waals surface area contributed by atoms with Crippen LogP contribution in [-0.4, -0.2) is 29.6 Å². The molecule has 0 saturated carbocycles. The van der Waals surface area contributed by atoms with E-state index in [0.717, 1.165) is 28.4 Å². The van der Waals surface area contributed by atoms with Crippen LogP contribution in [0.2, 0.25) is 0 Å². The maximum absolute atomic E-state index is 4.97. The molecule has 1 N–H and O–H groups in total. The minimum Gasteiger partial charge on any atom is -0.383 e. The summed E-state index contributed by atoms with van der Waals surface area (Å²) in [6, 6.07) is 8.18. The van der Waals surface area contributed by atoms with Crippen molar-refractivity contribution in [3.63, 3.8) is 0 Å². The van der Waals surface area contributed by atoms with Gasteiger partial charge in [-0.15, -0.1) is 0 Å². The Bertz CT molecular complexity index is 504. The number of aromatic nitrogens is 2. The van der Waals surface area contributed by atoms with E-state index in [1.54, 1.807) is 7.11 Å². The summed E-state index contributed by atoms with van der Waals surface area (Å²) < 4.78 is 10.4. The highest BCUT2D eigenvalue weighted by Gasteiger charge is 2.04. The van der Waals surface area contributed by atoms with E-state index >= 15 is 0 Å². The van der Waals surface area contributed by atoms with Crippen molar-refractivity contribution in [3.05, 3.63) is 40.1 Å². The molecule has 0 saturated heterocycles. The van der Waals surface area contributed by atoms with Gasteiger partial charge in [0.1, 0.15) is 5.82 Å². The maximum atomic E-state index is 4.97. The van der Waals surface area contributed by atoms with Gasteiger partial charge >= 0.3 is 0 Å². The van der Waals surface area contributed by atoms with Crippen molar-refractivity contribution in [1.82, 2.24) is 9.36 Å². The highest BCUT2D eigenvalue weighted by Crippen LogP contribution is 2.16. The van der Waals surface area contributed by atoms with Crippen molar-refractivity contribution in [2.45, 2.75) is 6.42 Å². The lowest BCUT2D eigenvalue weighted by atomic mass is 10.1. The van der Waals surface area contributed by atoms with E-state index < -0.39 is 0 Å². The van der Waals surface area contributed by atoms with E-state index in [9.17, 15) is 0 Å². The Balaban J connectivity index is 1.94. The zero-order chi connectivity index (χ0) is 12.8. The third-order valence-electron chi connectivity index (χ3n) is 2.30. The van der Waals surface area contributed by atoms with Crippen molar-refractivity contribution in [1.29, 1.82) is 0 Å². The van der Waals surface area contributed by atoms with Gasteiger partial charge in [0.05, 0.1) is 6.61 Å². The molecule has 2 aromatic rings. The highest BCUT2D eigenvalue weighted by molar-refractivity contribution is 9.10. The summed E-state index contributed by atoms with van der Waals surface area (Å²) in [5, 5.41) is 4.02. The summed E-state index contributed by atoms with van der Waals surface area (Å²) in [4.78, 5) is 4.43. The molecule has 0 aliphatic rings. The minimum absolute atomic E-state index is 0.667. The van der Waals surface area contributed by atoms with Gasteiger partial charge in [-0.25, -0.2) is 4.98 Å². The van der Waals surface area contributed by atoms with E-state index in [0.29, 0.717) is 6.61 Å².